The number of carbonyl (C=O) groups is 1. The summed E-state index contributed by atoms with van der Waals surface area (Å²) in [6.07, 6.45) is 8.48. The molecule has 144 valence electrons. The summed E-state index contributed by atoms with van der Waals surface area (Å²) in [5.41, 5.74) is 2.94. The molecule has 3 heterocycles. The highest BCUT2D eigenvalue weighted by atomic mass is 32.2. The molecule has 29 heavy (non-hydrogen) atoms. The molecule has 0 unspecified atom stereocenters. The van der Waals surface area contributed by atoms with Crippen LogP contribution in [0.5, 0.6) is 0 Å². The quantitative estimate of drug-likeness (QED) is 0.358. The van der Waals surface area contributed by atoms with Crippen LogP contribution in [-0.4, -0.2) is 27.2 Å². The standard InChI is InChI=1S/C22H18N4O2S/c1-16-6-2-3-8-18(16)12-20-21(27)26(15-19-9-5-11-28-19)22(29-20)25-24-14-17-7-4-10-23-13-17/h2-14H,15H2,1H3/b20-12-,24-14-,25-22+. The van der Waals surface area contributed by atoms with Crippen LogP contribution in [0, 0.1) is 6.92 Å². The van der Waals surface area contributed by atoms with Crippen molar-refractivity contribution in [1.29, 1.82) is 0 Å². The number of rotatable bonds is 5. The van der Waals surface area contributed by atoms with E-state index >= 15 is 0 Å². The number of aryl methyl sites for hydroxylation is 1. The number of furan rings is 1. The monoisotopic (exact) mass is 402 g/mol. The third-order valence-electron chi connectivity index (χ3n) is 4.29. The van der Waals surface area contributed by atoms with Crippen LogP contribution in [0.3, 0.4) is 0 Å². The average molecular weight is 402 g/mol. The van der Waals surface area contributed by atoms with E-state index in [4.69, 9.17) is 4.42 Å². The first-order valence-corrected chi connectivity index (χ1v) is 9.83. The van der Waals surface area contributed by atoms with Gasteiger partial charge in [0.05, 0.1) is 23.9 Å². The number of amides is 1. The fourth-order valence-corrected chi connectivity index (χ4v) is 3.69. The smallest absolute Gasteiger partial charge is 0.267 e. The molecule has 4 rings (SSSR count). The lowest BCUT2D eigenvalue weighted by molar-refractivity contribution is -0.122. The van der Waals surface area contributed by atoms with E-state index in [-0.39, 0.29) is 5.91 Å². The van der Waals surface area contributed by atoms with Gasteiger partial charge in [0, 0.05) is 18.0 Å². The summed E-state index contributed by atoms with van der Waals surface area (Å²) in [6, 6.07) is 15.3. The molecule has 6 nitrogen and oxygen atoms in total. The van der Waals surface area contributed by atoms with Gasteiger partial charge in [-0.2, -0.15) is 5.10 Å². The maximum Gasteiger partial charge on any atom is 0.267 e. The minimum atomic E-state index is -0.120. The topological polar surface area (TPSA) is 71.1 Å². The summed E-state index contributed by atoms with van der Waals surface area (Å²) in [5, 5.41) is 8.94. The van der Waals surface area contributed by atoms with Crippen LogP contribution < -0.4 is 0 Å². The number of nitrogens with zero attached hydrogens (tertiary/aromatic N) is 4. The van der Waals surface area contributed by atoms with Crippen LogP contribution >= 0.6 is 11.8 Å². The lowest BCUT2D eigenvalue weighted by atomic mass is 10.1. The molecule has 2 aromatic heterocycles. The minimum Gasteiger partial charge on any atom is -0.467 e. The second kappa shape index (κ2) is 8.70. The number of amidine groups is 1. The first-order chi connectivity index (χ1) is 14.2. The zero-order valence-corrected chi connectivity index (χ0v) is 16.5. The van der Waals surface area contributed by atoms with Gasteiger partial charge in [0.25, 0.3) is 5.91 Å². The molecule has 1 aromatic carbocycles. The molecule has 0 radical (unpaired) electrons. The van der Waals surface area contributed by atoms with E-state index in [0.29, 0.717) is 22.4 Å². The van der Waals surface area contributed by atoms with Crippen molar-refractivity contribution >= 4 is 35.1 Å². The van der Waals surface area contributed by atoms with Crippen molar-refractivity contribution in [3.8, 4) is 0 Å². The SMILES string of the molecule is Cc1ccccc1/C=C1\S/C(=N/N=C\c2cccnc2)N(Cc2ccco2)C1=O. The molecule has 7 heteroatoms. The average Bonchev–Trinajstić information content (AvgIpc) is 3.35. The highest BCUT2D eigenvalue weighted by Crippen LogP contribution is 2.34. The maximum atomic E-state index is 13.0. The van der Waals surface area contributed by atoms with Crippen molar-refractivity contribution in [1.82, 2.24) is 9.88 Å². The van der Waals surface area contributed by atoms with E-state index in [1.165, 1.54) is 11.8 Å². The molecular formula is C22H18N4O2S. The number of aromatic nitrogens is 1. The predicted octanol–water partition coefficient (Wildman–Crippen LogP) is 4.49. The summed E-state index contributed by atoms with van der Waals surface area (Å²) >= 11 is 1.30. The van der Waals surface area contributed by atoms with Gasteiger partial charge in [-0.25, -0.2) is 0 Å². The number of thioether (sulfide) groups is 1. The molecule has 0 atom stereocenters. The minimum absolute atomic E-state index is 0.120. The summed E-state index contributed by atoms with van der Waals surface area (Å²) in [5.74, 6) is 0.560. The third-order valence-corrected chi connectivity index (χ3v) is 5.29. The van der Waals surface area contributed by atoms with Crippen molar-refractivity contribution in [3.05, 3.63) is 94.5 Å². The van der Waals surface area contributed by atoms with Gasteiger partial charge >= 0.3 is 0 Å². The highest BCUT2D eigenvalue weighted by Gasteiger charge is 2.34. The first-order valence-electron chi connectivity index (χ1n) is 9.01. The van der Waals surface area contributed by atoms with E-state index < -0.39 is 0 Å². The molecule has 0 bridgehead atoms. The third kappa shape index (κ3) is 4.52. The number of carbonyl (C=O) groups excluding carboxylic acids is 1. The van der Waals surface area contributed by atoms with E-state index in [2.05, 4.69) is 15.2 Å². The second-order valence-electron chi connectivity index (χ2n) is 6.35. The van der Waals surface area contributed by atoms with E-state index in [9.17, 15) is 4.79 Å². The van der Waals surface area contributed by atoms with Gasteiger partial charge in [0.2, 0.25) is 0 Å². The normalized spacial score (nSPS) is 17.1. The van der Waals surface area contributed by atoms with Gasteiger partial charge in [0.15, 0.2) is 5.17 Å². The predicted molar refractivity (Wildman–Crippen MR) is 115 cm³/mol. The summed E-state index contributed by atoms with van der Waals surface area (Å²) in [6.45, 7) is 2.31. The van der Waals surface area contributed by atoms with E-state index in [0.717, 1.165) is 16.7 Å². The van der Waals surface area contributed by atoms with Crippen LogP contribution in [0.1, 0.15) is 22.5 Å². The fraction of sp³-hybridized carbons (Fsp3) is 0.0909. The number of hydrogen-bond acceptors (Lipinski definition) is 6. The molecule has 1 amide bonds. The zero-order chi connectivity index (χ0) is 20.1. The molecular weight excluding hydrogens is 384 g/mol. The van der Waals surface area contributed by atoms with E-state index in [1.807, 2.05) is 55.5 Å². The van der Waals surface area contributed by atoms with Crippen LogP contribution in [0.25, 0.3) is 6.08 Å². The lowest BCUT2D eigenvalue weighted by Gasteiger charge is -2.12. The van der Waals surface area contributed by atoms with Gasteiger partial charge in [-0.15, -0.1) is 5.10 Å². The Morgan fingerprint density at radius 3 is 2.83 bits per heavy atom. The first kappa shape index (κ1) is 18.9. The maximum absolute atomic E-state index is 13.0. The molecule has 1 aliphatic rings. The van der Waals surface area contributed by atoms with Crippen LogP contribution in [0.2, 0.25) is 0 Å². The Balaban J connectivity index is 1.64. The molecule has 3 aromatic rings. The van der Waals surface area contributed by atoms with Gasteiger partial charge in [0.1, 0.15) is 5.76 Å². The van der Waals surface area contributed by atoms with Crippen molar-refractivity contribution < 1.29 is 9.21 Å². The van der Waals surface area contributed by atoms with Gasteiger partial charge in [-0.05, 0) is 54.1 Å². The summed E-state index contributed by atoms with van der Waals surface area (Å²) in [7, 11) is 0. The molecule has 1 fully saturated rings. The highest BCUT2D eigenvalue weighted by molar-refractivity contribution is 8.18. The Kier molecular flexibility index (Phi) is 5.67. The Bertz CT molecular complexity index is 1090. The van der Waals surface area contributed by atoms with Crippen LogP contribution in [0.4, 0.5) is 0 Å². The summed E-state index contributed by atoms with van der Waals surface area (Å²) in [4.78, 5) is 19.3. The number of benzene rings is 1. The molecule has 0 spiro atoms. The Morgan fingerprint density at radius 1 is 1.17 bits per heavy atom. The second-order valence-corrected chi connectivity index (χ2v) is 7.36. The number of pyridine rings is 1. The Hall–Kier alpha value is -3.45. The van der Waals surface area contributed by atoms with Crippen molar-refractivity contribution in [3.63, 3.8) is 0 Å². The molecule has 0 saturated carbocycles. The van der Waals surface area contributed by atoms with E-state index in [1.54, 1.807) is 35.8 Å². The van der Waals surface area contributed by atoms with Crippen LogP contribution in [0.15, 0.2) is 86.7 Å². The molecule has 0 aliphatic carbocycles. The molecule has 0 N–H and O–H groups in total. The lowest BCUT2D eigenvalue weighted by Crippen LogP contribution is -2.28. The van der Waals surface area contributed by atoms with Crippen molar-refractivity contribution in [2.24, 2.45) is 10.2 Å². The fourth-order valence-electron chi connectivity index (χ4n) is 2.77. The van der Waals surface area contributed by atoms with Crippen molar-refractivity contribution in [2.75, 3.05) is 0 Å². The molecule has 1 aliphatic heterocycles. The zero-order valence-electron chi connectivity index (χ0n) is 15.7. The molecule has 1 saturated heterocycles. The Morgan fingerprint density at radius 2 is 2.07 bits per heavy atom. The number of hydrogen-bond donors (Lipinski definition) is 0. The Labute approximate surface area is 172 Å². The van der Waals surface area contributed by atoms with Crippen molar-refractivity contribution in [2.45, 2.75) is 13.5 Å². The van der Waals surface area contributed by atoms with Gasteiger partial charge in [-0.1, -0.05) is 30.3 Å². The van der Waals surface area contributed by atoms with Gasteiger partial charge in [-0.3, -0.25) is 14.7 Å². The van der Waals surface area contributed by atoms with Crippen LogP contribution in [-0.2, 0) is 11.3 Å². The summed E-state index contributed by atoms with van der Waals surface area (Å²) < 4.78 is 5.41. The van der Waals surface area contributed by atoms with Gasteiger partial charge < -0.3 is 4.42 Å². The largest absolute Gasteiger partial charge is 0.467 e.